The average Bonchev–Trinajstić information content (AvgIpc) is 3.03. The van der Waals surface area contributed by atoms with Crippen molar-refractivity contribution in [1.82, 2.24) is 15.3 Å². The Labute approximate surface area is 141 Å². The van der Waals surface area contributed by atoms with Gasteiger partial charge in [-0.3, -0.25) is 4.79 Å². The minimum absolute atomic E-state index is 0.0194. The number of carbonyl (C=O) groups excluding carboxylic acids is 1. The number of benzene rings is 2. The maximum atomic E-state index is 11.8. The molecule has 0 aliphatic carbocycles. The van der Waals surface area contributed by atoms with Crippen molar-refractivity contribution in [3.63, 3.8) is 0 Å². The van der Waals surface area contributed by atoms with Gasteiger partial charge in [0.2, 0.25) is 0 Å². The van der Waals surface area contributed by atoms with Gasteiger partial charge in [-0.25, -0.2) is 4.98 Å². The second-order valence-corrected chi connectivity index (χ2v) is 5.59. The van der Waals surface area contributed by atoms with E-state index in [1.807, 2.05) is 48.5 Å². The van der Waals surface area contributed by atoms with E-state index in [-0.39, 0.29) is 12.5 Å². The van der Waals surface area contributed by atoms with Crippen molar-refractivity contribution in [3.05, 3.63) is 59.9 Å². The van der Waals surface area contributed by atoms with Crippen molar-refractivity contribution in [1.29, 1.82) is 0 Å². The first-order chi connectivity index (χ1) is 11.7. The highest BCUT2D eigenvalue weighted by Gasteiger charge is 2.05. The Morgan fingerprint density at radius 3 is 2.71 bits per heavy atom. The van der Waals surface area contributed by atoms with Gasteiger partial charge >= 0.3 is 0 Å². The molecule has 0 saturated carbocycles. The van der Waals surface area contributed by atoms with Gasteiger partial charge < -0.3 is 15.0 Å². The molecule has 2 aromatic carbocycles. The van der Waals surface area contributed by atoms with E-state index in [0.29, 0.717) is 18.7 Å². The molecule has 124 valence electrons. The van der Waals surface area contributed by atoms with Crippen LogP contribution in [-0.4, -0.2) is 29.0 Å². The third kappa shape index (κ3) is 4.13. The number of nitrogens with zero attached hydrogens (tertiary/aromatic N) is 1. The molecule has 24 heavy (non-hydrogen) atoms. The Morgan fingerprint density at radius 1 is 1.17 bits per heavy atom. The summed E-state index contributed by atoms with van der Waals surface area (Å²) in [6, 6.07) is 15.7. The molecule has 5 nitrogen and oxygen atoms in total. The fourth-order valence-electron chi connectivity index (χ4n) is 2.47. The predicted molar refractivity (Wildman–Crippen MR) is 94.1 cm³/mol. The zero-order chi connectivity index (χ0) is 16.8. The Bertz CT molecular complexity index is 776. The largest absolute Gasteiger partial charge is 0.484 e. The second-order valence-electron chi connectivity index (χ2n) is 5.59. The summed E-state index contributed by atoms with van der Waals surface area (Å²) in [5, 5.41) is 2.84. The van der Waals surface area contributed by atoms with Gasteiger partial charge in [0, 0.05) is 13.0 Å². The lowest BCUT2D eigenvalue weighted by Gasteiger charge is -2.07. The SMILES string of the molecule is CCc1ccc(OCC(=O)NCCc2nc3ccccc3[nH]2)cc1. The molecule has 0 aliphatic rings. The average molecular weight is 323 g/mol. The summed E-state index contributed by atoms with van der Waals surface area (Å²) in [5.41, 5.74) is 3.20. The quantitative estimate of drug-likeness (QED) is 0.702. The lowest BCUT2D eigenvalue weighted by atomic mass is 10.2. The van der Waals surface area contributed by atoms with Crippen LogP contribution in [0.4, 0.5) is 0 Å². The van der Waals surface area contributed by atoms with Gasteiger partial charge in [-0.05, 0) is 36.2 Å². The first-order valence-corrected chi connectivity index (χ1v) is 8.16. The van der Waals surface area contributed by atoms with Gasteiger partial charge in [-0.2, -0.15) is 0 Å². The number of ether oxygens (including phenoxy) is 1. The molecule has 1 aromatic heterocycles. The number of carbonyl (C=O) groups is 1. The molecule has 0 aliphatic heterocycles. The van der Waals surface area contributed by atoms with E-state index in [0.717, 1.165) is 23.3 Å². The molecule has 0 unspecified atom stereocenters. The van der Waals surface area contributed by atoms with Gasteiger partial charge in [0.25, 0.3) is 5.91 Å². The molecule has 0 atom stereocenters. The summed E-state index contributed by atoms with van der Waals surface area (Å²) in [6.07, 6.45) is 1.65. The fourth-order valence-corrected chi connectivity index (χ4v) is 2.47. The first kappa shape index (κ1) is 16.1. The third-order valence-corrected chi connectivity index (χ3v) is 3.82. The summed E-state index contributed by atoms with van der Waals surface area (Å²) >= 11 is 0. The molecule has 2 N–H and O–H groups in total. The number of fused-ring (bicyclic) bond motifs is 1. The zero-order valence-electron chi connectivity index (χ0n) is 13.7. The molecule has 1 amide bonds. The highest BCUT2D eigenvalue weighted by atomic mass is 16.5. The van der Waals surface area contributed by atoms with Gasteiger partial charge in [-0.15, -0.1) is 0 Å². The zero-order valence-corrected chi connectivity index (χ0v) is 13.7. The molecule has 3 aromatic rings. The number of hydrogen-bond acceptors (Lipinski definition) is 3. The number of hydrogen-bond donors (Lipinski definition) is 2. The van der Waals surface area contributed by atoms with Gasteiger partial charge in [0.05, 0.1) is 11.0 Å². The van der Waals surface area contributed by atoms with Crippen LogP contribution in [-0.2, 0) is 17.6 Å². The van der Waals surface area contributed by atoms with E-state index >= 15 is 0 Å². The number of amides is 1. The first-order valence-electron chi connectivity index (χ1n) is 8.16. The summed E-state index contributed by atoms with van der Waals surface area (Å²) in [5.74, 6) is 1.44. The molecule has 0 bridgehead atoms. The van der Waals surface area contributed by atoms with Crippen LogP contribution in [0.25, 0.3) is 11.0 Å². The van der Waals surface area contributed by atoms with E-state index < -0.39 is 0 Å². The molecule has 0 saturated heterocycles. The van der Waals surface area contributed by atoms with Crippen LogP contribution in [0.15, 0.2) is 48.5 Å². The highest BCUT2D eigenvalue weighted by molar-refractivity contribution is 5.77. The number of aromatic amines is 1. The predicted octanol–water partition coefficient (Wildman–Crippen LogP) is 2.86. The van der Waals surface area contributed by atoms with E-state index in [1.165, 1.54) is 5.56 Å². The van der Waals surface area contributed by atoms with Crippen LogP contribution in [0.5, 0.6) is 5.75 Å². The van der Waals surface area contributed by atoms with Crippen LogP contribution in [0.1, 0.15) is 18.3 Å². The molecular formula is C19H21N3O2. The maximum absolute atomic E-state index is 11.8. The van der Waals surface area contributed by atoms with E-state index in [1.54, 1.807) is 0 Å². The standard InChI is InChI=1S/C19H21N3O2/c1-2-14-7-9-15(10-8-14)24-13-19(23)20-12-11-18-21-16-5-3-4-6-17(16)22-18/h3-10H,2,11-13H2,1H3,(H,20,23)(H,21,22). The summed E-state index contributed by atoms with van der Waals surface area (Å²) in [7, 11) is 0. The molecule has 5 heteroatoms. The van der Waals surface area contributed by atoms with Crippen molar-refractivity contribution in [3.8, 4) is 5.75 Å². The van der Waals surface area contributed by atoms with Crippen molar-refractivity contribution in [2.45, 2.75) is 19.8 Å². The smallest absolute Gasteiger partial charge is 0.257 e. The molecule has 0 spiro atoms. The van der Waals surface area contributed by atoms with Crippen molar-refractivity contribution < 1.29 is 9.53 Å². The van der Waals surface area contributed by atoms with Gasteiger partial charge in [0.1, 0.15) is 11.6 Å². The van der Waals surface area contributed by atoms with E-state index in [2.05, 4.69) is 22.2 Å². The number of rotatable bonds is 7. The molecule has 3 rings (SSSR count). The van der Waals surface area contributed by atoms with Crippen LogP contribution >= 0.6 is 0 Å². The Kier molecular flexibility index (Phi) is 5.11. The number of H-pyrrole nitrogens is 1. The lowest BCUT2D eigenvalue weighted by Crippen LogP contribution is -2.30. The van der Waals surface area contributed by atoms with Crippen LogP contribution in [0, 0.1) is 0 Å². The fraction of sp³-hybridized carbons (Fsp3) is 0.263. The Balaban J connectivity index is 1.41. The summed E-state index contributed by atoms with van der Waals surface area (Å²) < 4.78 is 5.48. The maximum Gasteiger partial charge on any atom is 0.257 e. The summed E-state index contributed by atoms with van der Waals surface area (Å²) in [6.45, 7) is 2.65. The number of para-hydroxylation sites is 2. The minimum Gasteiger partial charge on any atom is -0.484 e. The molecule has 0 radical (unpaired) electrons. The lowest BCUT2D eigenvalue weighted by molar-refractivity contribution is -0.123. The second kappa shape index (κ2) is 7.64. The monoisotopic (exact) mass is 323 g/mol. The number of aromatic nitrogens is 2. The van der Waals surface area contributed by atoms with Gasteiger partial charge in [0.15, 0.2) is 6.61 Å². The topological polar surface area (TPSA) is 67.0 Å². The Hall–Kier alpha value is -2.82. The van der Waals surface area contributed by atoms with Crippen molar-refractivity contribution in [2.75, 3.05) is 13.2 Å². The molecular weight excluding hydrogens is 302 g/mol. The molecule has 0 fully saturated rings. The Morgan fingerprint density at radius 2 is 1.96 bits per heavy atom. The highest BCUT2D eigenvalue weighted by Crippen LogP contribution is 2.12. The van der Waals surface area contributed by atoms with Gasteiger partial charge in [-0.1, -0.05) is 31.2 Å². The molecule has 1 heterocycles. The number of imidazole rings is 1. The minimum atomic E-state index is -0.134. The van der Waals surface area contributed by atoms with Crippen LogP contribution in [0.3, 0.4) is 0 Å². The normalized spacial score (nSPS) is 10.7. The van der Waals surface area contributed by atoms with Crippen LogP contribution < -0.4 is 10.1 Å². The third-order valence-electron chi connectivity index (χ3n) is 3.82. The van der Waals surface area contributed by atoms with E-state index in [4.69, 9.17) is 4.74 Å². The van der Waals surface area contributed by atoms with Crippen molar-refractivity contribution in [2.24, 2.45) is 0 Å². The number of nitrogens with one attached hydrogen (secondary N) is 2. The van der Waals surface area contributed by atoms with Crippen LogP contribution in [0.2, 0.25) is 0 Å². The number of aryl methyl sites for hydroxylation is 1. The van der Waals surface area contributed by atoms with E-state index in [9.17, 15) is 4.79 Å². The summed E-state index contributed by atoms with van der Waals surface area (Å²) in [4.78, 5) is 19.6. The van der Waals surface area contributed by atoms with Crippen molar-refractivity contribution >= 4 is 16.9 Å².